The highest BCUT2D eigenvalue weighted by Crippen LogP contribution is 2.16. The molecule has 1 aromatic carbocycles. The van der Waals surface area contributed by atoms with E-state index in [-0.39, 0.29) is 5.71 Å². The number of rotatable bonds is 3. The van der Waals surface area contributed by atoms with Crippen molar-refractivity contribution in [2.24, 2.45) is 5.10 Å². The molecule has 0 aliphatic heterocycles. The SMILES string of the molecule is COc1cccc(NN=C(C#N)C#N)c1. The minimum absolute atomic E-state index is 0.224. The number of ether oxygens (including phenoxy) is 1. The Bertz CT molecular complexity index is 437. The number of nitrogens with one attached hydrogen (secondary N) is 1. The predicted octanol–water partition coefficient (Wildman–Crippen LogP) is 1.51. The summed E-state index contributed by atoms with van der Waals surface area (Å²) in [6, 6.07) is 10.3. The number of anilines is 1. The first-order valence-corrected chi connectivity index (χ1v) is 4.08. The fraction of sp³-hybridized carbons (Fsp3) is 0.100. The maximum atomic E-state index is 8.44. The summed E-state index contributed by atoms with van der Waals surface area (Å²) in [5, 5.41) is 20.5. The molecule has 5 heteroatoms. The van der Waals surface area contributed by atoms with Crippen LogP contribution in [0.4, 0.5) is 5.69 Å². The molecule has 0 aliphatic rings. The average molecular weight is 200 g/mol. The zero-order chi connectivity index (χ0) is 11.1. The second-order valence-corrected chi connectivity index (χ2v) is 2.53. The zero-order valence-corrected chi connectivity index (χ0v) is 8.06. The lowest BCUT2D eigenvalue weighted by molar-refractivity contribution is 0.415. The summed E-state index contributed by atoms with van der Waals surface area (Å²) in [5.41, 5.74) is 3.01. The fourth-order valence-electron chi connectivity index (χ4n) is 0.888. The van der Waals surface area contributed by atoms with Crippen molar-refractivity contribution in [3.05, 3.63) is 24.3 Å². The van der Waals surface area contributed by atoms with Gasteiger partial charge in [0, 0.05) is 6.07 Å². The summed E-state index contributed by atoms with van der Waals surface area (Å²) >= 11 is 0. The van der Waals surface area contributed by atoms with Crippen LogP contribution in [0.25, 0.3) is 0 Å². The third-order valence-electron chi connectivity index (χ3n) is 1.58. The topological polar surface area (TPSA) is 81.2 Å². The van der Waals surface area contributed by atoms with Crippen LogP contribution < -0.4 is 10.2 Å². The lowest BCUT2D eigenvalue weighted by Gasteiger charge is -2.02. The molecule has 1 N–H and O–H groups in total. The van der Waals surface area contributed by atoms with Crippen molar-refractivity contribution in [3.8, 4) is 17.9 Å². The average Bonchev–Trinajstić information content (AvgIpc) is 2.31. The molecule has 0 aromatic heterocycles. The van der Waals surface area contributed by atoms with E-state index < -0.39 is 0 Å². The summed E-state index contributed by atoms with van der Waals surface area (Å²) in [6.45, 7) is 0. The standard InChI is InChI=1S/C10H8N4O/c1-15-10-4-2-3-8(5-10)13-14-9(6-11)7-12/h2-5,13H,1H3. The van der Waals surface area contributed by atoms with Gasteiger partial charge in [-0.1, -0.05) is 6.07 Å². The molecular formula is C10H8N4O. The van der Waals surface area contributed by atoms with E-state index in [0.717, 1.165) is 0 Å². The van der Waals surface area contributed by atoms with Crippen molar-refractivity contribution >= 4 is 11.4 Å². The molecule has 0 atom stereocenters. The number of nitrogens with zero attached hydrogens (tertiary/aromatic N) is 3. The predicted molar refractivity (Wildman–Crippen MR) is 55.3 cm³/mol. The van der Waals surface area contributed by atoms with E-state index in [1.165, 1.54) is 0 Å². The molecule has 1 rings (SSSR count). The van der Waals surface area contributed by atoms with Gasteiger partial charge in [0.25, 0.3) is 0 Å². The van der Waals surface area contributed by atoms with Gasteiger partial charge in [-0.05, 0) is 12.1 Å². The smallest absolute Gasteiger partial charge is 0.237 e. The van der Waals surface area contributed by atoms with Gasteiger partial charge in [-0.15, -0.1) is 0 Å². The van der Waals surface area contributed by atoms with Gasteiger partial charge in [-0.3, -0.25) is 5.43 Å². The molecule has 0 radical (unpaired) electrons. The molecule has 0 heterocycles. The summed E-state index contributed by atoms with van der Waals surface area (Å²) in [4.78, 5) is 0. The minimum Gasteiger partial charge on any atom is -0.497 e. The van der Waals surface area contributed by atoms with Crippen molar-refractivity contribution in [1.82, 2.24) is 0 Å². The van der Waals surface area contributed by atoms with Crippen LogP contribution in [0.15, 0.2) is 29.4 Å². The summed E-state index contributed by atoms with van der Waals surface area (Å²) in [7, 11) is 1.55. The molecule has 0 aliphatic carbocycles. The second kappa shape index (κ2) is 5.25. The maximum Gasteiger partial charge on any atom is 0.237 e. The first-order chi connectivity index (χ1) is 7.30. The normalized spacial score (nSPS) is 8.20. The quantitative estimate of drug-likeness (QED) is 0.592. The van der Waals surface area contributed by atoms with E-state index in [2.05, 4.69) is 10.5 Å². The molecular weight excluding hydrogens is 192 g/mol. The van der Waals surface area contributed by atoms with Crippen LogP contribution in [0.2, 0.25) is 0 Å². The molecule has 0 amide bonds. The zero-order valence-electron chi connectivity index (χ0n) is 8.06. The van der Waals surface area contributed by atoms with E-state index in [9.17, 15) is 0 Å². The molecule has 0 bridgehead atoms. The van der Waals surface area contributed by atoms with Gasteiger partial charge in [0.2, 0.25) is 5.71 Å². The lowest BCUT2D eigenvalue weighted by atomic mass is 10.3. The van der Waals surface area contributed by atoms with E-state index in [1.807, 2.05) is 0 Å². The summed E-state index contributed by atoms with van der Waals surface area (Å²) < 4.78 is 5.00. The maximum absolute atomic E-state index is 8.44. The van der Waals surface area contributed by atoms with Gasteiger partial charge in [0.1, 0.15) is 17.9 Å². The lowest BCUT2D eigenvalue weighted by Crippen LogP contribution is -1.96. The molecule has 5 nitrogen and oxygen atoms in total. The fourth-order valence-corrected chi connectivity index (χ4v) is 0.888. The van der Waals surface area contributed by atoms with E-state index >= 15 is 0 Å². The van der Waals surface area contributed by atoms with Crippen molar-refractivity contribution in [2.75, 3.05) is 12.5 Å². The van der Waals surface area contributed by atoms with Crippen LogP contribution in [0, 0.1) is 22.7 Å². The van der Waals surface area contributed by atoms with E-state index in [0.29, 0.717) is 11.4 Å². The molecule has 0 saturated carbocycles. The number of hydrazone groups is 1. The minimum atomic E-state index is -0.224. The summed E-state index contributed by atoms with van der Waals surface area (Å²) in [6.07, 6.45) is 0. The van der Waals surface area contributed by atoms with Crippen molar-refractivity contribution in [3.63, 3.8) is 0 Å². The number of hydrogen-bond donors (Lipinski definition) is 1. The second-order valence-electron chi connectivity index (χ2n) is 2.53. The Labute approximate surface area is 87.2 Å². The highest BCUT2D eigenvalue weighted by atomic mass is 16.5. The van der Waals surface area contributed by atoms with Gasteiger partial charge in [0.05, 0.1) is 12.8 Å². The van der Waals surface area contributed by atoms with Crippen LogP contribution in [-0.2, 0) is 0 Å². The Morgan fingerprint density at radius 3 is 2.73 bits per heavy atom. The molecule has 0 saturated heterocycles. The molecule has 0 spiro atoms. The largest absolute Gasteiger partial charge is 0.497 e. The number of benzene rings is 1. The van der Waals surface area contributed by atoms with Crippen LogP contribution in [0.1, 0.15) is 0 Å². The molecule has 0 fully saturated rings. The van der Waals surface area contributed by atoms with Gasteiger partial charge < -0.3 is 4.74 Å². The highest BCUT2D eigenvalue weighted by molar-refractivity contribution is 6.10. The van der Waals surface area contributed by atoms with Crippen molar-refractivity contribution in [2.45, 2.75) is 0 Å². The van der Waals surface area contributed by atoms with Gasteiger partial charge in [-0.2, -0.15) is 15.6 Å². The first kappa shape index (κ1) is 10.6. The number of methoxy groups -OCH3 is 1. The van der Waals surface area contributed by atoms with E-state index in [4.69, 9.17) is 15.3 Å². The Morgan fingerprint density at radius 2 is 2.13 bits per heavy atom. The molecule has 15 heavy (non-hydrogen) atoms. The van der Waals surface area contributed by atoms with Crippen LogP contribution in [-0.4, -0.2) is 12.8 Å². The summed E-state index contributed by atoms with van der Waals surface area (Å²) in [5.74, 6) is 0.672. The number of nitriles is 2. The monoisotopic (exact) mass is 200 g/mol. The van der Waals surface area contributed by atoms with Gasteiger partial charge in [0.15, 0.2) is 0 Å². The van der Waals surface area contributed by atoms with E-state index in [1.54, 1.807) is 43.5 Å². The Balaban J connectivity index is 2.79. The molecule has 0 unspecified atom stereocenters. The van der Waals surface area contributed by atoms with Gasteiger partial charge in [-0.25, -0.2) is 0 Å². The number of hydrogen-bond acceptors (Lipinski definition) is 5. The van der Waals surface area contributed by atoms with Crippen LogP contribution >= 0.6 is 0 Å². The Morgan fingerprint density at radius 1 is 1.40 bits per heavy atom. The third-order valence-corrected chi connectivity index (χ3v) is 1.58. The highest BCUT2D eigenvalue weighted by Gasteiger charge is 1.95. The van der Waals surface area contributed by atoms with Crippen LogP contribution in [0.3, 0.4) is 0 Å². The Hall–Kier alpha value is -2.53. The Kier molecular flexibility index (Phi) is 3.70. The van der Waals surface area contributed by atoms with Gasteiger partial charge >= 0.3 is 0 Å². The first-order valence-electron chi connectivity index (χ1n) is 4.08. The molecule has 1 aromatic rings. The van der Waals surface area contributed by atoms with Crippen molar-refractivity contribution in [1.29, 1.82) is 10.5 Å². The van der Waals surface area contributed by atoms with Crippen LogP contribution in [0.5, 0.6) is 5.75 Å². The molecule has 74 valence electrons. The third kappa shape index (κ3) is 3.02. The van der Waals surface area contributed by atoms with Crippen molar-refractivity contribution < 1.29 is 4.74 Å².